The van der Waals surface area contributed by atoms with Crippen LogP contribution in [0.2, 0.25) is 5.02 Å². The van der Waals surface area contributed by atoms with Crippen molar-refractivity contribution in [3.05, 3.63) is 58.7 Å². The maximum absolute atomic E-state index is 6.10. The molecule has 1 saturated heterocycles. The number of nitrogens with zero attached hydrogens (tertiary/aromatic N) is 5. The molecule has 0 unspecified atom stereocenters. The highest BCUT2D eigenvalue weighted by Gasteiger charge is 2.19. The number of hydrogen-bond acceptors (Lipinski definition) is 6. The molecule has 0 N–H and O–H groups in total. The molecule has 1 aliphatic heterocycles. The fraction of sp³-hybridized carbons (Fsp3) is 0.278. The molecule has 134 valence electrons. The second-order valence-electron chi connectivity index (χ2n) is 6.13. The Bertz CT molecular complexity index is 934. The van der Waals surface area contributed by atoms with Gasteiger partial charge in [-0.25, -0.2) is 4.68 Å². The number of anilines is 1. The van der Waals surface area contributed by atoms with Crippen LogP contribution >= 0.6 is 23.8 Å². The molecule has 0 radical (unpaired) electrons. The summed E-state index contributed by atoms with van der Waals surface area (Å²) in [6, 6.07) is 11.7. The topological polar surface area (TPSA) is 50.3 Å². The highest BCUT2D eigenvalue weighted by Crippen LogP contribution is 2.21. The number of piperazine rings is 1. The molecule has 26 heavy (non-hydrogen) atoms. The van der Waals surface area contributed by atoms with E-state index in [0.717, 1.165) is 42.5 Å². The van der Waals surface area contributed by atoms with Gasteiger partial charge >= 0.3 is 0 Å². The third-order valence-corrected chi connectivity index (χ3v) is 4.94. The molecule has 0 spiro atoms. The molecule has 1 aromatic carbocycles. The first-order valence-corrected chi connectivity index (χ1v) is 9.19. The standard InChI is InChI=1S/C18H18ClN5OS/c19-15-2-1-3-16(12-15)23-10-8-22(9-11-23)13-24-18(26)25-17(21-24)14-4-6-20-7-5-14/h1-7,12H,8-11,13H2. The first kappa shape index (κ1) is 17.2. The lowest BCUT2D eigenvalue weighted by Crippen LogP contribution is -2.46. The van der Waals surface area contributed by atoms with Gasteiger partial charge in [-0.15, -0.1) is 5.10 Å². The van der Waals surface area contributed by atoms with E-state index in [1.54, 1.807) is 17.1 Å². The average molecular weight is 388 g/mol. The van der Waals surface area contributed by atoms with Gasteiger partial charge in [-0.1, -0.05) is 17.7 Å². The predicted molar refractivity (Wildman–Crippen MR) is 104 cm³/mol. The van der Waals surface area contributed by atoms with Gasteiger partial charge in [0.25, 0.3) is 4.84 Å². The molecular weight excluding hydrogens is 370 g/mol. The lowest BCUT2D eigenvalue weighted by Gasteiger charge is -2.35. The molecule has 6 nitrogen and oxygen atoms in total. The van der Waals surface area contributed by atoms with Crippen LogP contribution in [-0.2, 0) is 6.67 Å². The molecule has 3 aromatic rings. The second kappa shape index (κ2) is 7.57. The Morgan fingerprint density at radius 1 is 1.08 bits per heavy atom. The Labute approximate surface area is 161 Å². The van der Waals surface area contributed by atoms with Crippen LogP contribution in [0.15, 0.2) is 53.2 Å². The molecular formula is C18H18ClN5OS. The van der Waals surface area contributed by atoms with E-state index in [9.17, 15) is 0 Å². The molecule has 8 heteroatoms. The summed E-state index contributed by atoms with van der Waals surface area (Å²) in [4.78, 5) is 9.05. The summed E-state index contributed by atoms with van der Waals surface area (Å²) in [5.41, 5.74) is 2.03. The van der Waals surface area contributed by atoms with E-state index in [-0.39, 0.29) is 0 Å². The first-order valence-electron chi connectivity index (χ1n) is 8.40. The van der Waals surface area contributed by atoms with Crippen LogP contribution < -0.4 is 4.90 Å². The summed E-state index contributed by atoms with van der Waals surface area (Å²) in [7, 11) is 0. The summed E-state index contributed by atoms with van der Waals surface area (Å²) < 4.78 is 7.37. The smallest absolute Gasteiger partial charge is 0.288 e. The van der Waals surface area contributed by atoms with E-state index >= 15 is 0 Å². The molecule has 4 rings (SSSR count). The largest absolute Gasteiger partial charge is 0.409 e. The van der Waals surface area contributed by atoms with Crippen LogP contribution in [0.1, 0.15) is 0 Å². The second-order valence-corrected chi connectivity index (χ2v) is 6.92. The van der Waals surface area contributed by atoms with Crippen molar-refractivity contribution in [3.63, 3.8) is 0 Å². The van der Waals surface area contributed by atoms with Gasteiger partial charge in [-0.3, -0.25) is 9.88 Å². The molecule has 2 aromatic heterocycles. The lowest BCUT2D eigenvalue weighted by molar-refractivity contribution is 0.192. The van der Waals surface area contributed by atoms with Crippen LogP contribution in [0.5, 0.6) is 0 Å². The highest BCUT2D eigenvalue weighted by molar-refractivity contribution is 7.71. The predicted octanol–water partition coefficient (Wildman–Crippen LogP) is 3.70. The van der Waals surface area contributed by atoms with Crippen molar-refractivity contribution in [2.75, 3.05) is 31.1 Å². The highest BCUT2D eigenvalue weighted by atomic mass is 35.5. The number of hydrogen-bond donors (Lipinski definition) is 0. The Balaban J connectivity index is 1.40. The van der Waals surface area contributed by atoms with E-state index < -0.39 is 0 Å². The summed E-state index contributed by atoms with van der Waals surface area (Å²) in [5, 5.41) is 5.27. The zero-order chi connectivity index (χ0) is 17.9. The van der Waals surface area contributed by atoms with Crippen molar-refractivity contribution in [1.82, 2.24) is 19.7 Å². The molecule has 1 aliphatic rings. The van der Waals surface area contributed by atoms with Crippen molar-refractivity contribution >= 4 is 29.5 Å². The lowest BCUT2D eigenvalue weighted by atomic mass is 10.2. The third kappa shape index (κ3) is 3.80. The van der Waals surface area contributed by atoms with Crippen molar-refractivity contribution in [1.29, 1.82) is 0 Å². The normalized spacial score (nSPS) is 15.3. The summed E-state index contributed by atoms with van der Waals surface area (Å²) in [5.74, 6) is 0.523. The number of benzene rings is 1. The van der Waals surface area contributed by atoms with Crippen molar-refractivity contribution < 1.29 is 4.42 Å². The van der Waals surface area contributed by atoms with Gasteiger partial charge in [-0.2, -0.15) is 0 Å². The monoisotopic (exact) mass is 387 g/mol. The number of halogens is 1. The van der Waals surface area contributed by atoms with Crippen LogP contribution in [0.3, 0.4) is 0 Å². The van der Waals surface area contributed by atoms with Crippen LogP contribution in [-0.4, -0.2) is 45.8 Å². The summed E-state index contributed by atoms with van der Waals surface area (Å²) in [6.45, 7) is 4.33. The van der Waals surface area contributed by atoms with Crippen LogP contribution in [0.25, 0.3) is 11.5 Å². The van der Waals surface area contributed by atoms with Gasteiger partial charge in [0.1, 0.15) is 0 Å². The number of rotatable bonds is 4. The Morgan fingerprint density at radius 2 is 1.85 bits per heavy atom. The van der Waals surface area contributed by atoms with E-state index in [1.165, 1.54) is 0 Å². The Hall–Kier alpha value is -2.22. The third-order valence-electron chi connectivity index (χ3n) is 4.41. The first-order chi connectivity index (χ1) is 12.7. The molecule has 0 amide bonds. The molecule has 0 aliphatic carbocycles. The van der Waals surface area contributed by atoms with E-state index in [0.29, 0.717) is 17.4 Å². The van der Waals surface area contributed by atoms with Crippen molar-refractivity contribution in [2.24, 2.45) is 0 Å². The minimum Gasteiger partial charge on any atom is -0.409 e. The van der Waals surface area contributed by atoms with Crippen molar-refractivity contribution in [2.45, 2.75) is 6.67 Å². The van der Waals surface area contributed by atoms with E-state index in [1.807, 2.05) is 30.3 Å². The average Bonchev–Trinajstić information content (AvgIpc) is 3.04. The molecule has 0 saturated carbocycles. The molecule has 0 atom stereocenters. The van der Waals surface area contributed by atoms with Gasteiger partial charge in [-0.05, 0) is 42.5 Å². The van der Waals surface area contributed by atoms with Gasteiger partial charge in [0.15, 0.2) is 0 Å². The maximum atomic E-state index is 6.10. The zero-order valence-electron chi connectivity index (χ0n) is 14.1. The van der Waals surface area contributed by atoms with Crippen LogP contribution in [0.4, 0.5) is 5.69 Å². The van der Waals surface area contributed by atoms with Gasteiger partial charge in [0.05, 0.1) is 6.67 Å². The van der Waals surface area contributed by atoms with Gasteiger partial charge in [0, 0.05) is 54.8 Å². The minimum absolute atomic E-state index is 0.383. The fourth-order valence-electron chi connectivity index (χ4n) is 3.02. The minimum atomic E-state index is 0.383. The number of pyridine rings is 1. The Morgan fingerprint density at radius 3 is 2.58 bits per heavy atom. The summed E-state index contributed by atoms with van der Waals surface area (Å²) in [6.07, 6.45) is 3.42. The van der Waals surface area contributed by atoms with Gasteiger partial charge in [0.2, 0.25) is 5.89 Å². The molecule has 1 fully saturated rings. The van der Waals surface area contributed by atoms with Crippen LogP contribution in [0, 0.1) is 4.84 Å². The van der Waals surface area contributed by atoms with Gasteiger partial charge < -0.3 is 9.32 Å². The Kier molecular flexibility index (Phi) is 5.01. The van der Waals surface area contributed by atoms with E-state index in [2.05, 4.69) is 25.9 Å². The number of aromatic nitrogens is 3. The molecule has 3 heterocycles. The fourth-order valence-corrected chi connectivity index (χ4v) is 3.38. The van der Waals surface area contributed by atoms with E-state index in [4.69, 9.17) is 28.2 Å². The molecule has 0 bridgehead atoms. The zero-order valence-corrected chi connectivity index (χ0v) is 15.7. The SMILES string of the molecule is S=c1oc(-c2ccncc2)nn1CN1CCN(c2cccc(Cl)c2)CC1. The maximum Gasteiger partial charge on any atom is 0.288 e. The van der Waals surface area contributed by atoms with Crippen molar-refractivity contribution in [3.8, 4) is 11.5 Å². The quantitative estimate of drug-likeness (QED) is 0.636. The summed E-state index contributed by atoms with van der Waals surface area (Å²) >= 11 is 11.4.